The quantitative estimate of drug-likeness (QED) is 0.748. The summed E-state index contributed by atoms with van der Waals surface area (Å²) in [5, 5.41) is 11.8. The van der Waals surface area contributed by atoms with Gasteiger partial charge in [0.15, 0.2) is 0 Å². The molecule has 0 aliphatic rings. The maximum atomic E-state index is 8.65. The standard InChI is InChI=1S/C8H13NOS/c1-7(2-4-10)6-8-9-3-5-11-8/h3,5,7,10H,2,4,6H2,1H3. The molecule has 0 bridgehead atoms. The van der Waals surface area contributed by atoms with E-state index in [2.05, 4.69) is 11.9 Å². The van der Waals surface area contributed by atoms with Crippen LogP contribution in [0, 0.1) is 5.92 Å². The normalized spacial score (nSPS) is 13.3. The summed E-state index contributed by atoms with van der Waals surface area (Å²) in [6.07, 6.45) is 3.70. The molecule has 0 saturated heterocycles. The zero-order valence-electron chi connectivity index (χ0n) is 6.66. The van der Waals surface area contributed by atoms with Crippen molar-refractivity contribution in [1.82, 2.24) is 4.98 Å². The van der Waals surface area contributed by atoms with Crippen molar-refractivity contribution < 1.29 is 5.11 Å². The number of aliphatic hydroxyl groups excluding tert-OH is 1. The van der Waals surface area contributed by atoms with Crippen LogP contribution in [0.2, 0.25) is 0 Å². The SMILES string of the molecule is CC(CCO)Cc1nccs1. The number of thiazole rings is 1. The zero-order chi connectivity index (χ0) is 8.10. The fourth-order valence-corrected chi connectivity index (χ4v) is 1.76. The highest BCUT2D eigenvalue weighted by Crippen LogP contribution is 2.12. The van der Waals surface area contributed by atoms with Crippen molar-refractivity contribution in [2.24, 2.45) is 5.92 Å². The Balaban J connectivity index is 2.31. The van der Waals surface area contributed by atoms with Crippen molar-refractivity contribution in [3.8, 4) is 0 Å². The molecule has 0 saturated carbocycles. The van der Waals surface area contributed by atoms with Gasteiger partial charge in [-0.3, -0.25) is 0 Å². The number of aliphatic hydroxyl groups is 1. The Bertz CT molecular complexity index is 186. The van der Waals surface area contributed by atoms with Gasteiger partial charge in [-0.25, -0.2) is 4.98 Å². The smallest absolute Gasteiger partial charge is 0.0927 e. The molecule has 0 radical (unpaired) electrons. The van der Waals surface area contributed by atoms with Crippen molar-refractivity contribution in [1.29, 1.82) is 0 Å². The van der Waals surface area contributed by atoms with Gasteiger partial charge in [0.05, 0.1) is 5.01 Å². The summed E-state index contributed by atoms with van der Waals surface area (Å²) in [5.41, 5.74) is 0. The number of nitrogens with zero attached hydrogens (tertiary/aromatic N) is 1. The maximum Gasteiger partial charge on any atom is 0.0927 e. The Kier molecular flexibility index (Phi) is 3.52. The Hall–Kier alpha value is -0.410. The van der Waals surface area contributed by atoms with Gasteiger partial charge in [0.2, 0.25) is 0 Å². The number of rotatable bonds is 4. The molecule has 1 unspecified atom stereocenters. The van der Waals surface area contributed by atoms with Crippen LogP contribution in [0.3, 0.4) is 0 Å². The minimum atomic E-state index is 0.284. The van der Waals surface area contributed by atoms with E-state index in [-0.39, 0.29) is 6.61 Å². The van der Waals surface area contributed by atoms with Crippen molar-refractivity contribution in [3.05, 3.63) is 16.6 Å². The zero-order valence-corrected chi connectivity index (χ0v) is 7.47. The Morgan fingerprint density at radius 1 is 1.73 bits per heavy atom. The lowest BCUT2D eigenvalue weighted by Gasteiger charge is -2.05. The van der Waals surface area contributed by atoms with Crippen molar-refractivity contribution in [3.63, 3.8) is 0 Å². The van der Waals surface area contributed by atoms with E-state index in [1.165, 1.54) is 5.01 Å². The first-order valence-corrected chi connectivity index (χ1v) is 4.70. The highest BCUT2D eigenvalue weighted by Gasteiger charge is 2.03. The van der Waals surface area contributed by atoms with E-state index in [0.29, 0.717) is 5.92 Å². The second-order valence-electron chi connectivity index (χ2n) is 2.75. The summed E-state index contributed by atoms with van der Waals surface area (Å²) in [5.74, 6) is 0.547. The molecule has 0 aliphatic carbocycles. The first-order valence-electron chi connectivity index (χ1n) is 3.82. The fourth-order valence-electron chi connectivity index (χ4n) is 0.974. The van der Waals surface area contributed by atoms with Gasteiger partial charge in [-0.1, -0.05) is 6.92 Å². The summed E-state index contributed by atoms with van der Waals surface area (Å²) in [7, 11) is 0. The third-order valence-electron chi connectivity index (χ3n) is 1.63. The van der Waals surface area contributed by atoms with Crippen LogP contribution < -0.4 is 0 Å². The van der Waals surface area contributed by atoms with Gasteiger partial charge in [-0.05, 0) is 12.3 Å². The highest BCUT2D eigenvalue weighted by molar-refractivity contribution is 7.09. The second kappa shape index (κ2) is 4.46. The maximum absolute atomic E-state index is 8.65. The van der Waals surface area contributed by atoms with Crippen LogP contribution in [-0.4, -0.2) is 16.7 Å². The van der Waals surface area contributed by atoms with E-state index in [9.17, 15) is 0 Å². The van der Waals surface area contributed by atoms with Crippen LogP contribution in [0.25, 0.3) is 0 Å². The Labute approximate surface area is 70.9 Å². The van der Waals surface area contributed by atoms with Gasteiger partial charge >= 0.3 is 0 Å². The van der Waals surface area contributed by atoms with Gasteiger partial charge in [0.1, 0.15) is 0 Å². The minimum Gasteiger partial charge on any atom is -0.396 e. The molecule has 0 aliphatic heterocycles. The number of hydrogen-bond donors (Lipinski definition) is 1. The van der Waals surface area contributed by atoms with Crippen LogP contribution in [0.5, 0.6) is 0 Å². The predicted molar refractivity (Wildman–Crippen MR) is 46.7 cm³/mol. The molecule has 0 aromatic carbocycles. The lowest BCUT2D eigenvalue weighted by molar-refractivity contribution is 0.262. The Morgan fingerprint density at radius 3 is 3.09 bits per heavy atom. The largest absolute Gasteiger partial charge is 0.396 e. The van der Waals surface area contributed by atoms with Crippen LogP contribution in [-0.2, 0) is 6.42 Å². The van der Waals surface area contributed by atoms with Gasteiger partial charge in [0, 0.05) is 24.6 Å². The monoisotopic (exact) mass is 171 g/mol. The van der Waals surface area contributed by atoms with Crippen LogP contribution in [0.4, 0.5) is 0 Å². The summed E-state index contributed by atoms with van der Waals surface area (Å²) >= 11 is 1.68. The third kappa shape index (κ3) is 2.99. The van der Waals surface area contributed by atoms with Crippen LogP contribution in [0.1, 0.15) is 18.4 Å². The molecule has 62 valence electrons. The molecular formula is C8H13NOS. The van der Waals surface area contributed by atoms with E-state index in [1.54, 1.807) is 11.3 Å². The first kappa shape index (κ1) is 8.68. The summed E-state index contributed by atoms with van der Waals surface area (Å²) in [6.45, 7) is 2.42. The molecule has 3 heteroatoms. The first-order chi connectivity index (χ1) is 5.33. The van der Waals surface area contributed by atoms with Crippen LogP contribution >= 0.6 is 11.3 Å². The molecular weight excluding hydrogens is 158 g/mol. The average Bonchev–Trinajstić information content (AvgIpc) is 2.40. The topological polar surface area (TPSA) is 33.1 Å². The third-order valence-corrected chi connectivity index (χ3v) is 2.43. The average molecular weight is 171 g/mol. The van der Waals surface area contributed by atoms with Gasteiger partial charge in [-0.15, -0.1) is 11.3 Å². The van der Waals surface area contributed by atoms with E-state index in [1.807, 2.05) is 11.6 Å². The molecule has 1 heterocycles. The van der Waals surface area contributed by atoms with Gasteiger partial charge in [0.25, 0.3) is 0 Å². The van der Waals surface area contributed by atoms with Crippen LogP contribution in [0.15, 0.2) is 11.6 Å². The molecule has 0 spiro atoms. The van der Waals surface area contributed by atoms with E-state index in [4.69, 9.17) is 5.11 Å². The lowest BCUT2D eigenvalue weighted by Crippen LogP contribution is -2.01. The minimum absolute atomic E-state index is 0.284. The molecule has 1 aromatic rings. The van der Waals surface area contributed by atoms with Crippen molar-refractivity contribution >= 4 is 11.3 Å². The lowest BCUT2D eigenvalue weighted by atomic mass is 10.1. The summed E-state index contributed by atoms with van der Waals surface area (Å²) in [4.78, 5) is 4.18. The predicted octanol–water partition coefficient (Wildman–Crippen LogP) is 1.70. The van der Waals surface area contributed by atoms with E-state index < -0.39 is 0 Å². The second-order valence-corrected chi connectivity index (χ2v) is 3.73. The molecule has 1 N–H and O–H groups in total. The van der Waals surface area contributed by atoms with E-state index >= 15 is 0 Å². The van der Waals surface area contributed by atoms with Gasteiger partial charge in [-0.2, -0.15) is 0 Å². The molecule has 1 aromatic heterocycles. The van der Waals surface area contributed by atoms with Crippen molar-refractivity contribution in [2.45, 2.75) is 19.8 Å². The number of aromatic nitrogens is 1. The molecule has 1 rings (SSSR count). The van der Waals surface area contributed by atoms with Gasteiger partial charge < -0.3 is 5.11 Å². The molecule has 1 atom stereocenters. The summed E-state index contributed by atoms with van der Waals surface area (Å²) in [6, 6.07) is 0. The molecule has 11 heavy (non-hydrogen) atoms. The highest BCUT2D eigenvalue weighted by atomic mass is 32.1. The molecule has 0 amide bonds. The van der Waals surface area contributed by atoms with Crippen molar-refractivity contribution in [2.75, 3.05) is 6.61 Å². The number of hydrogen-bond acceptors (Lipinski definition) is 3. The Morgan fingerprint density at radius 2 is 2.55 bits per heavy atom. The molecule has 2 nitrogen and oxygen atoms in total. The molecule has 0 fully saturated rings. The van der Waals surface area contributed by atoms with E-state index in [0.717, 1.165) is 12.8 Å². The summed E-state index contributed by atoms with van der Waals surface area (Å²) < 4.78 is 0. The fraction of sp³-hybridized carbons (Fsp3) is 0.625.